The van der Waals surface area contributed by atoms with Gasteiger partial charge in [-0.25, -0.2) is 0 Å². The highest BCUT2D eigenvalue weighted by Gasteiger charge is 2.12. The van der Waals surface area contributed by atoms with Crippen molar-refractivity contribution in [3.05, 3.63) is 0 Å². The molecule has 0 atom stereocenters. The Kier molecular flexibility index (Phi) is 9.74. The lowest BCUT2D eigenvalue weighted by molar-refractivity contribution is 0.120. The normalized spacial score (nSPS) is 13.2. The minimum atomic E-state index is 0.401. The average Bonchev–Trinajstić information content (AvgIpc) is 2.22. The predicted octanol–water partition coefficient (Wildman–Crippen LogP) is 4.98. The van der Waals surface area contributed by atoms with E-state index >= 15 is 0 Å². The van der Waals surface area contributed by atoms with Crippen molar-refractivity contribution in [1.82, 2.24) is 4.90 Å². The van der Waals surface area contributed by atoms with Crippen molar-refractivity contribution >= 4 is 0 Å². The highest BCUT2D eigenvalue weighted by molar-refractivity contribution is 4.66. The third-order valence-electron chi connectivity index (χ3n) is 3.29. The van der Waals surface area contributed by atoms with E-state index < -0.39 is 0 Å². The summed E-state index contributed by atoms with van der Waals surface area (Å²) in [4.78, 5) is 2.43. The third kappa shape index (κ3) is 16.0. The van der Waals surface area contributed by atoms with Crippen molar-refractivity contribution in [2.45, 2.75) is 73.6 Å². The highest BCUT2D eigenvalue weighted by Crippen LogP contribution is 2.21. The van der Waals surface area contributed by atoms with Gasteiger partial charge in [-0.3, -0.25) is 0 Å². The average molecular weight is 286 g/mol. The Balaban J connectivity index is 3.29. The topological polar surface area (TPSA) is 12.5 Å². The molecule has 2 heteroatoms. The summed E-state index contributed by atoms with van der Waals surface area (Å²) in [5.74, 6) is 0. The maximum atomic E-state index is 5.71. The Bertz CT molecular complexity index is 225. The first-order chi connectivity index (χ1) is 9.10. The van der Waals surface area contributed by atoms with Crippen LogP contribution in [0.4, 0.5) is 0 Å². The summed E-state index contributed by atoms with van der Waals surface area (Å²) in [7, 11) is 2.22. The van der Waals surface area contributed by atoms with Gasteiger partial charge in [-0.2, -0.15) is 0 Å². The molecule has 0 heterocycles. The summed E-state index contributed by atoms with van der Waals surface area (Å²) >= 11 is 0. The summed E-state index contributed by atoms with van der Waals surface area (Å²) in [6, 6.07) is 0. The van der Waals surface area contributed by atoms with E-state index in [1.165, 1.54) is 45.2 Å². The van der Waals surface area contributed by atoms with Crippen LogP contribution in [0.2, 0.25) is 0 Å². The zero-order valence-electron chi connectivity index (χ0n) is 15.2. The first kappa shape index (κ1) is 19.9. The van der Waals surface area contributed by atoms with Crippen molar-refractivity contribution in [3.63, 3.8) is 0 Å². The smallest absolute Gasteiger partial charge is 0.0466 e. The molecule has 0 unspecified atom stereocenters. The molecule has 0 bridgehead atoms. The summed E-state index contributed by atoms with van der Waals surface area (Å²) in [5, 5.41) is 0. The summed E-state index contributed by atoms with van der Waals surface area (Å²) in [6.07, 6.45) is 6.23. The van der Waals surface area contributed by atoms with Crippen LogP contribution in [0.5, 0.6) is 0 Å². The molecule has 0 fully saturated rings. The molecule has 0 aliphatic heterocycles. The van der Waals surface area contributed by atoms with Crippen LogP contribution in [-0.4, -0.2) is 38.3 Å². The van der Waals surface area contributed by atoms with Crippen LogP contribution in [-0.2, 0) is 4.74 Å². The highest BCUT2D eigenvalue weighted by atomic mass is 16.5. The molecule has 0 aromatic heterocycles. The summed E-state index contributed by atoms with van der Waals surface area (Å²) < 4.78 is 5.71. The fourth-order valence-corrected chi connectivity index (χ4v) is 2.44. The quantitative estimate of drug-likeness (QED) is 0.525. The van der Waals surface area contributed by atoms with Gasteiger partial charge in [0.25, 0.3) is 0 Å². The van der Waals surface area contributed by atoms with Crippen molar-refractivity contribution in [1.29, 1.82) is 0 Å². The molecule has 2 nitrogen and oxygen atoms in total. The van der Waals surface area contributed by atoms with E-state index in [2.05, 4.69) is 53.5 Å². The van der Waals surface area contributed by atoms with Crippen molar-refractivity contribution < 1.29 is 4.74 Å². The van der Waals surface area contributed by atoms with Gasteiger partial charge in [-0.15, -0.1) is 0 Å². The monoisotopic (exact) mass is 285 g/mol. The molecule has 0 N–H and O–H groups in total. The van der Waals surface area contributed by atoms with Gasteiger partial charge >= 0.3 is 0 Å². The molecule has 0 aromatic rings. The molecular formula is C18H39NO. The lowest BCUT2D eigenvalue weighted by atomic mass is 9.90. The van der Waals surface area contributed by atoms with Gasteiger partial charge in [-0.1, -0.05) is 48.0 Å². The van der Waals surface area contributed by atoms with Crippen molar-refractivity contribution in [3.8, 4) is 0 Å². The largest absolute Gasteiger partial charge is 0.381 e. The van der Waals surface area contributed by atoms with Gasteiger partial charge in [0.1, 0.15) is 0 Å². The van der Waals surface area contributed by atoms with Crippen LogP contribution in [0, 0.1) is 10.8 Å². The SMILES string of the molecule is CN(CCCCOCCCCC(C)(C)C)CC(C)(C)C. The van der Waals surface area contributed by atoms with Crippen molar-refractivity contribution in [2.75, 3.05) is 33.4 Å². The molecule has 0 rings (SSSR count). The van der Waals surface area contributed by atoms with E-state index in [9.17, 15) is 0 Å². The van der Waals surface area contributed by atoms with Crippen LogP contribution in [0.1, 0.15) is 73.6 Å². The number of hydrogen-bond acceptors (Lipinski definition) is 2. The molecule has 0 amide bonds. The third-order valence-corrected chi connectivity index (χ3v) is 3.29. The van der Waals surface area contributed by atoms with Gasteiger partial charge in [0.2, 0.25) is 0 Å². The number of ether oxygens (including phenoxy) is 1. The van der Waals surface area contributed by atoms with Crippen LogP contribution in [0.25, 0.3) is 0 Å². The molecule has 0 aliphatic carbocycles. The zero-order chi connectivity index (χ0) is 15.6. The summed E-state index contributed by atoms with van der Waals surface area (Å²) in [5.41, 5.74) is 0.871. The number of unbranched alkanes of at least 4 members (excludes halogenated alkanes) is 2. The standard InChI is InChI=1S/C18H39NO/c1-17(2,3)12-8-10-14-20-15-11-9-13-19(7)16-18(4,5)6/h8-16H2,1-7H3. The Labute approximate surface area is 128 Å². The molecule has 0 saturated heterocycles. The lowest BCUT2D eigenvalue weighted by Crippen LogP contribution is -2.30. The van der Waals surface area contributed by atoms with Gasteiger partial charge in [0.05, 0.1) is 0 Å². The fourth-order valence-electron chi connectivity index (χ4n) is 2.44. The van der Waals surface area contributed by atoms with Crippen LogP contribution in [0.15, 0.2) is 0 Å². The maximum Gasteiger partial charge on any atom is 0.0466 e. The van der Waals surface area contributed by atoms with E-state index in [4.69, 9.17) is 4.74 Å². The van der Waals surface area contributed by atoms with E-state index in [1.54, 1.807) is 0 Å². The van der Waals surface area contributed by atoms with Gasteiger partial charge in [-0.05, 0) is 50.1 Å². The minimum absolute atomic E-state index is 0.401. The second-order valence-electron chi connectivity index (χ2n) is 8.64. The van der Waals surface area contributed by atoms with Crippen molar-refractivity contribution in [2.24, 2.45) is 10.8 Å². The molecule has 0 spiro atoms. The first-order valence-corrected chi connectivity index (χ1v) is 8.36. The Hall–Kier alpha value is -0.0800. The van der Waals surface area contributed by atoms with Gasteiger partial charge < -0.3 is 9.64 Å². The predicted molar refractivity (Wildman–Crippen MR) is 90.3 cm³/mol. The lowest BCUT2D eigenvalue weighted by Gasteiger charge is -2.26. The molecule has 0 aromatic carbocycles. The molecule has 0 aliphatic rings. The second-order valence-corrected chi connectivity index (χ2v) is 8.64. The van der Waals surface area contributed by atoms with E-state index in [-0.39, 0.29) is 0 Å². The Morgan fingerprint density at radius 1 is 0.750 bits per heavy atom. The Morgan fingerprint density at radius 3 is 1.80 bits per heavy atom. The van der Waals surface area contributed by atoms with Gasteiger partial charge in [0.15, 0.2) is 0 Å². The summed E-state index contributed by atoms with van der Waals surface area (Å²) in [6.45, 7) is 18.0. The van der Waals surface area contributed by atoms with Crippen LogP contribution < -0.4 is 0 Å². The number of rotatable bonds is 10. The first-order valence-electron chi connectivity index (χ1n) is 8.36. The second kappa shape index (κ2) is 9.78. The minimum Gasteiger partial charge on any atom is -0.381 e. The number of nitrogens with zero attached hydrogens (tertiary/aromatic N) is 1. The maximum absolute atomic E-state index is 5.71. The molecular weight excluding hydrogens is 246 g/mol. The van der Waals surface area contributed by atoms with Crippen LogP contribution in [0.3, 0.4) is 0 Å². The fraction of sp³-hybridized carbons (Fsp3) is 1.00. The van der Waals surface area contributed by atoms with Gasteiger partial charge in [0, 0.05) is 19.8 Å². The van der Waals surface area contributed by atoms with E-state index in [0.717, 1.165) is 13.2 Å². The molecule has 122 valence electrons. The van der Waals surface area contributed by atoms with E-state index in [1.807, 2.05) is 0 Å². The molecule has 0 radical (unpaired) electrons. The van der Waals surface area contributed by atoms with E-state index in [0.29, 0.717) is 10.8 Å². The molecule has 20 heavy (non-hydrogen) atoms. The number of hydrogen-bond donors (Lipinski definition) is 0. The zero-order valence-corrected chi connectivity index (χ0v) is 15.2. The molecule has 0 saturated carbocycles. The van der Waals surface area contributed by atoms with Crippen LogP contribution >= 0.6 is 0 Å². The Morgan fingerprint density at radius 2 is 1.30 bits per heavy atom.